The van der Waals surface area contributed by atoms with Crippen molar-refractivity contribution in [3.8, 4) is 0 Å². The summed E-state index contributed by atoms with van der Waals surface area (Å²) in [7, 11) is 0. The lowest BCUT2D eigenvalue weighted by Gasteiger charge is -2.33. The molecule has 1 aromatic carbocycles. The monoisotopic (exact) mass is 409 g/mol. The molecule has 2 unspecified atom stereocenters. The third-order valence-electron chi connectivity index (χ3n) is 6.09. The van der Waals surface area contributed by atoms with Crippen LogP contribution in [0.5, 0.6) is 0 Å². The highest BCUT2D eigenvalue weighted by molar-refractivity contribution is 7.18. The molecule has 0 saturated carbocycles. The van der Waals surface area contributed by atoms with Crippen molar-refractivity contribution >= 4 is 27.5 Å². The SMILES string of the molecule is CC(C)=CCN1CCC(NC(=O)C2CC=CCC2c2nc3ccccc3s2)CC1. The number of hydrogen-bond acceptors (Lipinski definition) is 4. The Balaban J connectivity index is 1.38. The fourth-order valence-electron chi connectivity index (χ4n) is 4.31. The number of nitrogens with one attached hydrogen (secondary N) is 1. The third kappa shape index (κ3) is 4.96. The van der Waals surface area contributed by atoms with Crippen molar-refractivity contribution in [3.63, 3.8) is 0 Å². The normalized spacial score (nSPS) is 23.2. The maximum absolute atomic E-state index is 13.2. The molecule has 2 atom stereocenters. The summed E-state index contributed by atoms with van der Waals surface area (Å²) >= 11 is 1.74. The minimum absolute atomic E-state index is 0.00994. The molecule has 1 fully saturated rings. The van der Waals surface area contributed by atoms with Gasteiger partial charge >= 0.3 is 0 Å². The number of hydrogen-bond donors (Lipinski definition) is 1. The average molecular weight is 410 g/mol. The van der Waals surface area contributed by atoms with Crippen LogP contribution in [0.1, 0.15) is 50.5 Å². The number of carbonyl (C=O) groups excluding carboxylic acids is 1. The molecule has 1 aliphatic heterocycles. The largest absolute Gasteiger partial charge is 0.353 e. The fourth-order valence-corrected chi connectivity index (χ4v) is 5.45. The van der Waals surface area contributed by atoms with Gasteiger partial charge in [0, 0.05) is 31.6 Å². The maximum Gasteiger partial charge on any atom is 0.224 e. The number of likely N-dealkylation sites (tertiary alicyclic amines) is 1. The topological polar surface area (TPSA) is 45.2 Å². The Morgan fingerprint density at radius 1 is 1.21 bits per heavy atom. The number of benzene rings is 1. The molecule has 154 valence electrons. The fraction of sp³-hybridized carbons (Fsp3) is 0.500. The van der Waals surface area contributed by atoms with Gasteiger partial charge in [0.05, 0.1) is 21.1 Å². The lowest BCUT2D eigenvalue weighted by Crippen LogP contribution is -2.47. The van der Waals surface area contributed by atoms with E-state index < -0.39 is 0 Å². The van der Waals surface area contributed by atoms with E-state index in [1.807, 2.05) is 6.07 Å². The lowest BCUT2D eigenvalue weighted by molar-refractivity contribution is -0.126. The molecule has 2 aliphatic rings. The van der Waals surface area contributed by atoms with E-state index in [4.69, 9.17) is 4.98 Å². The van der Waals surface area contributed by atoms with E-state index in [0.717, 1.165) is 55.8 Å². The highest BCUT2D eigenvalue weighted by atomic mass is 32.1. The first kappa shape index (κ1) is 20.3. The number of carbonyl (C=O) groups is 1. The van der Waals surface area contributed by atoms with E-state index in [0.29, 0.717) is 6.04 Å². The predicted molar refractivity (Wildman–Crippen MR) is 121 cm³/mol. The van der Waals surface area contributed by atoms with Gasteiger partial charge in [-0.05, 0) is 51.7 Å². The van der Waals surface area contributed by atoms with Gasteiger partial charge in [-0.25, -0.2) is 4.98 Å². The van der Waals surface area contributed by atoms with Crippen LogP contribution >= 0.6 is 11.3 Å². The van der Waals surface area contributed by atoms with E-state index in [1.54, 1.807) is 11.3 Å². The Bertz CT molecular complexity index is 871. The van der Waals surface area contributed by atoms with Crippen LogP contribution in [0.4, 0.5) is 0 Å². The zero-order chi connectivity index (χ0) is 20.2. The summed E-state index contributed by atoms with van der Waals surface area (Å²) in [6, 6.07) is 8.56. The minimum Gasteiger partial charge on any atom is -0.353 e. The smallest absolute Gasteiger partial charge is 0.224 e. The number of rotatable bonds is 5. The highest BCUT2D eigenvalue weighted by Crippen LogP contribution is 2.38. The minimum atomic E-state index is -0.00994. The third-order valence-corrected chi connectivity index (χ3v) is 7.26. The first-order valence-corrected chi connectivity index (χ1v) is 11.6. The van der Waals surface area contributed by atoms with E-state index in [-0.39, 0.29) is 17.7 Å². The van der Waals surface area contributed by atoms with Crippen LogP contribution in [0.2, 0.25) is 0 Å². The van der Waals surface area contributed by atoms with Crippen LogP contribution < -0.4 is 5.32 Å². The second kappa shape index (κ2) is 9.23. The molecule has 4 nitrogen and oxygen atoms in total. The molecule has 0 radical (unpaired) electrons. The van der Waals surface area contributed by atoms with Crippen LogP contribution in [0.25, 0.3) is 10.2 Å². The second-order valence-electron chi connectivity index (χ2n) is 8.54. The van der Waals surface area contributed by atoms with Crippen LogP contribution in [-0.2, 0) is 4.79 Å². The van der Waals surface area contributed by atoms with Crippen LogP contribution in [0, 0.1) is 5.92 Å². The molecule has 5 heteroatoms. The van der Waals surface area contributed by atoms with Crippen molar-refractivity contribution in [1.82, 2.24) is 15.2 Å². The number of thiazole rings is 1. The maximum atomic E-state index is 13.2. The van der Waals surface area contributed by atoms with Gasteiger partial charge in [0.15, 0.2) is 0 Å². The first-order valence-electron chi connectivity index (χ1n) is 10.8. The Morgan fingerprint density at radius 3 is 2.72 bits per heavy atom. The van der Waals surface area contributed by atoms with Crippen molar-refractivity contribution in [3.05, 3.63) is 53.1 Å². The molecule has 1 aromatic heterocycles. The summed E-state index contributed by atoms with van der Waals surface area (Å²) in [4.78, 5) is 20.5. The quantitative estimate of drug-likeness (QED) is 0.715. The van der Waals surface area contributed by atoms with Crippen LogP contribution in [0.3, 0.4) is 0 Å². The number of aromatic nitrogens is 1. The summed E-state index contributed by atoms with van der Waals surface area (Å²) in [6.07, 6.45) is 10.5. The summed E-state index contributed by atoms with van der Waals surface area (Å²) in [5.74, 6) is 0.390. The molecule has 1 aliphatic carbocycles. The average Bonchev–Trinajstić information content (AvgIpc) is 3.17. The highest BCUT2D eigenvalue weighted by Gasteiger charge is 2.33. The molecule has 1 amide bonds. The number of nitrogens with zero attached hydrogens (tertiary/aromatic N) is 2. The molecular weight excluding hydrogens is 378 g/mol. The molecule has 2 aromatic rings. The summed E-state index contributed by atoms with van der Waals surface area (Å²) in [6.45, 7) is 7.43. The zero-order valence-corrected chi connectivity index (χ0v) is 18.3. The van der Waals surface area contributed by atoms with Gasteiger partial charge in [0.1, 0.15) is 0 Å². The van der Waals surface area contributed by atoms with E-state index >= 15 is 0 Å². The van der Waals surface area contributed by atoms with Gasteiger partial charge in [-0.1, -0.05) is 35.9 Å². The number of allylic oxidation sites excluding steroid dienone is 3. The molecule has 4 rings (SSSR count). The first-order chi connectivity index (χ1) is 14.1. The number of amides is 1. The van der Waals surface area contributed by atoms with Gasteiger partial charge in [-0.15, -0.1) is 11.3 Å². The summed E-state index contributed by atoms with van der Waals surface area (Å²) in [5.41, 5.74) is 2.41. The van der Waals surface area contributed by atoms with Crippen molar-refractivity contribution in [2.24, 2.45) is 5.92 Å². The van der Waals surface area contributed by atoms with Gasteiger partial charge in [-0.3, -0.25) is 9.69 Å². The van der Waals surface area contributed by atoms with Gasteiger partial charge in [0.25, 0.3) is 0 Å². The number of para-hydroxylation sites is 1. The van der Waals surface area contributed by atoms with Crippen LogP contribution in [-0.4, -0.2) is 41.5 Å². The second-order valence-corrected chi connectivity index (χ2v) is 9.60. The van der Waals surface area contributed by atoms with Crippen molar-refractivity contribution in [2.45, 2.75) is 51.5 Å². The lowest BCUT2D eigenvalue weighted by atomic mass is 9.82. The number of piperidine rings is 1. The van der Waals surface area contributed by atoms with E-state index in [9.17, 15) is 4.79 Å². The molecule has 1 saturated heterocycles. The zero-order valence-electron chi connectivity index (χ0n) is 17.4. The van der Waals surface area contributed by atoms with Crippen molar-refractivity contribution in [2.75, 3.05) is 19.6 Å². The molecular formula is C24H31N3OS. The van der Waals surface area contributed by atoms with E-state index in [2.05, 4.69) is 60.5 Å². The standard InChI is InChI=1S/C24H31N3OS/c1-17(2)11-14-27-15-12-18(13-16-27)25-23(28)19-7-3-4-8-20(19)24-26-21-9-5-6-10-22(21)29-24/h3-6,9-11,18-20H,7-8,12-16H2,1-2H3,(H,25,28). The Morgan fingerprint density at radius 2 is 1.97 bits per heavy atom. The Hall–Kier alpha value is -1.98. The Kier molecular flexibility index (Phi) is 6.46. The molecule has 1 N–H and O–H groups in total. The van der Waals surface area contributed by atoms with Gasteiger partial charge in [0.2, 0.25) is 5.91 Å². The summed E-state index contributed by atoms with van der Waals surface area (Å²) < 4.78 is 1.21. The Labute approximate surface area is 177 Å². The molecule has 0 spiro atoms. The predicted octanol–water partition coefficient (Wildman–Crippen LogP) is 4.89. The van der Waals surface area contributed by atoms with Crippen LogP contribution in [0.15, 0.2) is 48.1 Å². The molecule has 2 heterocycles. The summed E-state index contributed by atoms with van der Waals surface area (Å²) in [5, 5.41) is 4.47. The molecule has 0 bridgehead atoms. The van der Waals surface area contributed by atoms with Gasteiger partial charge in [-0.2, -0.15) is 0 Å². The van der Waals surface area contributed by atoms with E-state index in [1.165, 1.54) is 10.3 Å². The number of fused-ring (bicyclic) bond motifs is 1. The van der Waals surface area contributed by atoms with Crippen molar-refractivity contribution in [1.29, 1.82) is 0 Å². The van der Waals surface area contributed by atoms with Crippen molar-refractivity contribution < 1.29 is 4.79 Å². The van der Waals surface area contributed by atoms with Gasteiger partial charge < -0.3 is 5.32 Å². The molecule has 29 heavy (non-hydrogen) atoms.